The molecule has 2 unspecified atom stereocenters. The van der Waals surface area contributed by atoms with E-state index in [-0.39, 0.29) is 5.41 Å². The molecular weight excluding hydrogens is 338 g/mol. The van der Waals surface area contributed by atoms with E-state index < -0.39 is 6.09 Å². The van der Waals surface area contributed by atoms with Gasteiger partial charge in [0.2, 0.25) is 0 Å². The average molecular weight is 365 g/mol. The Kier molecular flexibility index (Phi) is 4.35. The summed E-state index contributed by atoms with van der Waals surface area (Å²) in [5.74, 6) is 1.04. The third-order valence-electron chi connectivity index (χ3n) is 5.97. The van der Waals surface area contributed by atoms with Gasteiger partial charge in [0.25, 0.3) is 0 Å². The largest absolute Gasteiger partial charge is 0.417 e. The normalized spacial score (nSPS) is 23.3. The quantitative estimate of drug-likeness (QED) is 0.844. The van der Waals surface area contributed by atoms with Crippen LogP contribution in [-0.4, -0.2) is 25.9 Å². The van der Waals surface area contributed by atoms with Crippen molar-refractivity contribution in [1.82, 2.24) is 5.32 Å². The molecule has 0 bridgehead atoms. The number of benzene rings is 2. The maximum Gasteiger partial charge on any atom is 0.417 e. The molecule has 27 heavy (non-hydrogen) atoms. The molecule has 2 aliphatic rings. The van der Waals surface area contributed by atoms with Crippen molar-refractivity contribution in [2.75, 3.05) is 23.8 Å². The Hall–Kier alpha value is -2.53. The number of rotatable bonds is 3. The predicted octanol–water partition coefficient (Wildman–Crippen LogP) is 4.45. The van der Waals surface area contributed by atoms with Crippen LogP contribution < -0.4 is 20.3 Å². The summed E-state index contributed by atoms with van der Waals surface area (Å²) in [5.41, 5.74) is 4.47. The molecule has 0 saturated carbocycles. The molecule has 2 heterocycles. The SMILES string of the molecule is CC(C)c1ccc(NC(=O)Oc2ccc3c(c2)C2(C)CCNC2N3C)cc1. The van der Waals surface area contributed by atoms with Crippen molar-refractivity contribution < 1.29 is 9.53 Å². The van der Waals surface area contributed by atoms with E-state index in [2.05, 4.69) is 43.4 Å². The summed E-state index contributed by atoms with van der Waals surface area (Å²) in [7, 11) is 2.11. The molecular formula is C22H27N3O2. The molecule has 2 aromatic rings. The van der Waals surface area contributed by atoms with Crippen LogP contribution >= 0.6 is 0 Å². The van der Waals surface area contributed by atoms with E-state index in [0.717, 1.165) is 18.7 Å². The summed E-state index contributed by atoms with van der Waals surface area (Å²) in [6, 6.07) is 13.8. The van der Waals surface area contributed by atoms with E-state index in [1.54, 1.807) is 0 Å². The van der Waals surface area contributed by atoms with Gasteiger partial charge >= 0.3 is 6.09 Å². The van der Waals surface area contributed by atoms with Crippen molar-refractivity contribution in [1.29, 1.82) is 0 Å². The molecule has 5 heteroatoms. The number of anilines is 2. The van der Waals surface area contributed by atoms with Crippen LogP contribution in [-0.2, 0) is 5.41 Å². The number of nitrogens with zero attached hydrogens (tertiary/aromatic N) is 1. The third kappa shape index (κ3) is 3.06. The highest BCUT2D eigenvalue weighted by molar-refractivity contribution is 5.86. The molecule has 1 amide bonds. The van der Waals surface area contributed by atoms with Gasteiger partial charge < -0.3 is 9.64 Å². The van der Waals surface area contributed by atoms with Crippen molar-refractivity contribution in [3.63, 3.8) is 0 Å². The van der Waals surface area contributed by atoms with Crippen LogP contribution in [0.1, 0.15) is 44.2 Å². The van der Waals surface area contributed by atoms with Crippen LogP contribution in [0.3, 0.4) is 0 Å². The first kappa shape index (κ1) is 17.9. The summed E-state index contributed by atoms with van der Waals surface area (Å²) in [6.45, 7) is 7.57. The summed E-state index contributed by atoms with van der Waals surface area (Å²) >= 11 is 0. The lowest BCUT2D eigenvalue weighted by Gasteiger charge is -2.27. The molecule has 2 atom stereocenters. The van der Waals surface area contributed by atoms with E-state index in [4.69, 9.17) is 4.74 Å². The standard InChI is InChI=1S/C22H27N3O2/c1-14(2)15-5-7-16(8-6-15)24-21(26)27-17-9-10-19-18(13-17)22(3)11-12-23-20(22)25(19)4/h5-10,13-14,20,23H,11-12H2,1-4H3,(H,24,26). The second-order valence-corrected chi connectivity index (χ2v) is 8.11. The summed E-state index contributed by atoms with van der Waals surface area (Å²) in [5, 5.41) is 6.37. The summed E-state index contributed by atoms with van der Waals surface area (Å²) in [4.78, 5) is 14.6. The Morgan fingerprint density at radius 2 is 2.00 bits per heavy atom. The van der Waals surface area contributed by atoms with Crippen LogP contribution in [0.5, 0.6) is 5.75 Å². The fourth-order valence-electron chi connectivity index (χ4n) is 4.36. The van der Waals surface area contributed by atoms with E-state index in [1.165, 1.54) is 16.8 Å². The number of nitrogens with one attached hydrogen (secondary N) is 2. The zero-order chi connectivity index (χ0) is 19.2. The lowest BCUT2D eigenvalue weighted by Crippen LogP contribution is -2.44. The predicted molar refractivity (Wildman–Crippen MR) is 109 cm³/mol. The molecule has 0 spiro atoms. The van der Waals surface area contributed by atoms with Gasteiger partial charge in [-0.15, -0.1) is 0 Å². The Bertz CT molecular complexity index is 862. The number of likely N-dealkylation sites (N-methyl/N-ethyl adjacent to an activating group) is 1. The first-order valence-electron chi connectivity index (χ1n) is 9.58. The van der Waals surface area contributed by atoms with Gasteiger partial charge in [0, 0.05) is 23.8 Å². The average Bonchev–Trinajstić information content (AvgIpc) is 3.12. The molecule has 0 aromatic heterocycles. The molecule has 142 valence electrons. The first-order chi connectivity index (χ1) is 12.9. The summed E-state index contributed by atoms with van der Waals surface area (Å²) < 4.78 is 5.56. The van der Waals surface area contributed by atoms with Crippen molar-refractivity contribution in [3.8, 4) is 5.75 Å². The Balaban J connectivity index is 1.48. The van der Waals surface area contributed by atoms with Crippen LogP contribution in [0.4, 0.5) is 16.2 Å². The molecule has 5 nitrogen and oxygen atoms in total. The lowest BCUT2D eigenvalue weighted by molar-refractivity contribution is 0.215. The monoisotopic (exact) mass is 365 g/mol. The highest BCUT2D eigenvalue weighted by atomic mass is 16.6. The maximum atomic E-state index is 12.3. The minimum atomic E-state index is -0.468. The number of ether oxygens (including phenoxy) is 1. The van der Waals surface area contributed by atoms with Gasteiger partial charge in [0.15, 0.2) is 0 Å². The first-order valence-corrected chi connectivity index (χ1v) is 9.58. The molecule has 0 aliphatic carbocycles. The van der Waals surface area contributed by atoms with Gasteiger partial charge in [-0.1, -0.05) is 32.9 Å². The topological polar surface area (TPSA) is 53.6 Å². The minimum absolute atomic E-state index is 0.0482. The van der Waals surface area contributed by atoms with Gasteiger partial charge in [-0.05, 0) is 60.3 Å². The number of hydrogen-bond donors (Lipinski definition) is 2. The van der Waals surface area contributed by atoms with Crippen molar-refractivity contribution in [3.05, 3.63) is 53.6 Å². The zero-order valence-electron chi connectivity index (χ0n) is 16.4. The van der Waals surface area contributed by atoms with E-state index in [9.17, 15) is 4.79 Å². The molecule has 1 saturated heterocycles. The van der Waals surface area contributed by atoms with Crippen molar-refractivity contribution in [2.24, 2.45) is 0 Å². The number of carbonyl (C=O) groups excluding carboxylic acids is 1. The smallest absolute Gasteiger partial charge is 0.410 e. The van der Waals surface area contributed by atoms with E-state index in [1.807, 2.05) is 42.5 Å². The molecule has 0 radical (unpaired) electrons. The number of amides is 1. The van der Waals surface area contributed by atoms with Gasteiger partial charge in [-0.3, -0.25) is 10.6 Å². The maximum absolute atomic E-state index is 12.3. The Morgan fingerprint density at radius 3 is 2.70 bits per heavy atom. The molecule has 1 fully saturated rings. The fraction of sp³-hybridized carbons (Fsp3) is 0.409. The van der Waals surface area contributed by atoms with Crippen LogP contribution in [0.2, 0.25) is 0 Å². The van der Waals surface area contributed by atoms with E-state index >= 15 is 0 Å². The third-order valence-corrected chi connectivity index (χ3v) is 5.97. The number of fused-ring (bicyclic) bond motifs is 3. The Labute approximate surface area is 160 Å². The van der Waals surface area contributed by atoms with Crippen molar-refractivity contribution in [2.45, 2.75) is 44.7 Å². The van der Waals surface area contributed by atoms with E-state index in [0.29, 0.717) is 17.8 Å². The highest BCUT2D eigenvalue weighted by Gasteiger charge is 2.49. The molecule has 2 aliphatic heterocycles. The van der Waals surface area contributed by atoms with Gasteiger partial charge in [-0.25, -0.2) is 4.79 Å². The summed E-state index contributed by atoms with van der Waals surface area (Å²) in [6.07, 6.45) is 0.910. The molecule has 2 N–H and O–H groups in total. The van der Waals surface area contributed by atoms with Crippen LogP contribution in [0.25, 0.3) is 0 Å². The van der Waals surface area contributed by atoms with Crippen LogP contribution in [0, 0.1) is 0 Å². The van der Waals surface area contributed by atoms with Crippen LogP contribution in [0.15, 0.2) is 42.5 Å². The van der Waals surface area contributed by atoms with Gasteiger partial charge in [0.1, 0.15) is 5.75 Å². The van der Waals surface area contributed by atoms with Gasteiger partial charge in [-0.2, -0.15) is 0 Å². The second-order valence-electron chi connectivity index (χ2n) is 8.11. The minimum Gasteiger partial charge on any atom is -0.410 e. The zero-order valence-corrected chi connectivity index (χ0v) is 16.4. The second kappa shape index (κ2) is 6.57. The number of carbonyl (C=O) groups is 1. The molecule has 2 aromatic carbocycles. The van der Waals surface area contributed by atoms with Crippen molar-refractivity contribution >= 4 is 17.5 Å². The fourth-order valence-corrected chi connectivity index (χ4v) is 4.36. The van der Waals surface area contributed by atoms with Gasteiger partial charge in [0.05, 0.1) is 6.17 Å². The highest BCUT2D eigenvalue weighted by Crippen LogP contribution is 2.49. The molecule has 4 rings (SSSR count). The lowest BCUT2D eigenvalue weighted by atomic mass is 9.81. The Morgan fingerprint density at radius 1 is 1.26 bits per heavy atom. The number of hydrogen-bond acceptors (Lipinski definition) is 4.